The second-order valence-corrected chi connectivity index (χ2v) is 7.64. The van der Waals surface area contributed by atoms with Crippen LogP contribution in [0.1, 0.15) is 31.4 Å². The van der Waals surface area contributed by atoms with Gasteiger partial charge in [-0.3, -0.25) is 13.9 Å². The average Bonchev–Trinajstić information content (AvgIpc) is 3.21. The molecular formula is C23H27N3O4. The summed E-state index contributed by atoms with van der Waals surface area (Å²) >= 11 is 0. The van der Waals surface area contributed by atoms with Crippen molar-refractivity contribution in [3.05, 3.63) is 58.0 Å². The van der Waals surface area contributed by atoms with Gasteiger partial charge in [-0.25, -0.2) is 4.79 Å². The maximum atomic E-state index is 12.5. The molecule has 0 radical (unpaired) electrons. The van der Waals surface area contributed by atoms with E-state index in [1.165, 1.54) is 0 Å². The van der Waals surface area contributed by atoms with Crippen LogP contribution in [0.5, 0.6) is 11.5 Å². The molecule has 158 valence electrons. The second-order valence-electron chi connectivity index (χ2n) is 7.64. The minimum absolute atomic E-state index is 0.118. The smallest absolute Gasteiger partial charge is 0.328 e. The highest BCUT2D eigenvalue weighted by molar-refractivity contribution is 5.78. The number of nitrogens with zero attached hydrogens (tertiary/aromatic N) is 2. The molecule has 3 aromatic rings. The van der Waals surface area contributed by atoms with Gasteiger partial charge in [0.1, 0.15) is 17.6 Å². The topological polar surface area (TPSA) is 74.5 Å². The molecule has 0 saturated heterocycles. The van der Waals surface area contributed by atoms with E-state index >= 15 is 0 Å². The molecule has 1 aromatic heterocycles. The lowest BCUT2D eigenvalue weighted by molar-refractivity contribution is -0.121. The number of para-hydroxylation sites is 2. The predicted octanol–water partition coefficient (Wildman–Crippen LogP) is 2.77. The second kappa shape index (κ2) is 8.26. The molecule has 7 heteroatoms. The number of amides is 1. The number of imidazole rings is 1. The average molecular weight is 409 g/mol. The number of rotatable bonds is 7. The standard InChI is InChI=1S/C23H27N3O4/c1-4-29-20-12-16-11-15(2)30-21(16)13-17(20)14-24-22(27)9-10-26-19-8-6-5-7-18(19)25(3)23(26)28/h5-8,12-13,15H,4,9-11,14H2,1-3H3,(H,24,27)/t15-/m0/s1. The Hall–Kier alpha value is -3.22. The van der Waals surface area contributed by atoms with Crippen LogP contribution in [0, 0.1) is 0 Å². The fraction of sp³-hybridized carbons (Fsp3) is 0.391. The molecule has 1 aliphatic rings. The number of benzene rings is 2. The van der Waals surface area contributed by atoms with E-state index in [9.17, 15) is 9.59 Å². The van der Waals surface area contributed by atoms with Crippen LogP contribution in [0.25, 0.3) is 11.0 Å². The highest BCUT2D eigenvalue weighted by Crippen LogP contribution is 2.35. The third-order valence-electron chi connectivity index (χ3n) is 5.47. The number of ether oxygens (including phenoxy) is 2. The summed E-state index contributed by atoms with van der Waals surface area (Å²) in [7, 11) is 1.74. The van der Waals surface area contributed by atoms with Crippen molar-refractivity contribution in [2.24, 2.45) is 7.05 Å². The minimum atomic E-state index is -0.118. The van der Waals surface area contributed by atoms with E-state index in [2.05, 4.69) is 5.32 Å². The lowest BCUT2D eigenvalue weighted by atomic mass is 10.1. The molecule has 2 aromatic carbocycles. The molecule has 1 amide bonds. The maximum Gasteiger partial charge on any atom is 0.328 e. The highest BCUT2D eigenvalue weighted by Gasteiger charge is 2.22. The molecule has 0 bridgehead atoms. The van der Waals surface area contributed by atoms with Gasteiger partial charge < -0.3 is 14.8 Å². The molecule has 1 atom stereocenters. The van der Waals surface area contributed by atoms with Crippen LogP contribution in [0.2, 0.25) is 0 Å². The normalized spacial score (nSPS) is 15.1. The largest absolute Gasteiger partial charge is 0.494 e. The highest BCUT2D eigenvalue weighted by atomic mass is 16.5. The van der Waals surface area contributed by atoms with E-state index in [0.29, 0.717) is 19.7 Å². The zero-order valence-corrected chi connectivity index (χ0v) is 17.6. The molecule has 0 unspecified atom stereocenters. The molecule has 7 nitrogen and oxygen atoms in total. The van der Waals surface area contributed by atoms with Gasteiger partial charge in [0.25, 0.3) is 0 Å². The first-order valence-electron chi connectivity index (χ1n) is 10.3. The quantitative estimate of drug-likeness (QED) is 0.651. The number of carbonyl (C=O) groups excluding carboxylic acids is 1. The summed E-state index contributed by atoms with van der Waals surface area (Å²) in [4.78, 5) is 25.0. The van der Waals surface area contributed by atoms with E-state index in [-0.39, 0.29) is 24.1 Å². The molecule has 0 aliphatic carbocycles. The first kappa shape index (κ1) is 20.1. The van der Waals surface area contributed by atoms with E-state index in [0.717, 1.165) is 40.1 Å². The van der Waals surface area contributed by atoms with Crippen LogP contribution >= 0.6 is 0 Å². The SMILES string of the molecule is CCOc1cc2c(cc1CNC(=O)CCn1c(=O)n(C)c3ccccc31)O[C@@H](C)C2. The number of carbonyl (C=O) groups is 1. The molecule has 1 N–H and O–H groups in total. The van der Waals surface area contributed by atoms with Gasteiger partial charge >= 0.3 is 5.69 Å². The molecule has 4 rings (SSSR count). The van der Waals surface area contributed by atoms with Gasteiger partial charge in [-0.2, -0.15) is 0 Å². The van der Waals surface area contributed by atoms with Gasteiger partial charge in [-0.15, -0.1) is 0 Å². The van der Waals surface area contributed by atoms with Gasteiger partial charge in [0.15, 0.2) is 0 Å². The number of hydrogen-bond acceptors (Lipinski definition) is 4. The minimum Gasteiger partial charge on any atom is -0.494 e. The van der Waals surface area contributed by atoms with Gasteiger partial charge in [0.05, 0.1) is 17.6 Å². The Morgan fingerprint density at radius 3 is 2.80 bits per heavy atom. The number of hydrogen-bond donors (Lipinski definition) is 1. The van der Waals surface area contributed by atoms with Crippen LogP contribution in [-0.2, 0) is 31.4 Å². The van der Waals surface area contributed by atoms with E-state index in [1.807, 2.05) is 50.2 Å². The van der Waals surface area contributed by atoms with Crippen molar-refractivity contribution < 1.29 is 14.3 Å². The Balaban J connectivity index is 1.43. The molecule has 0 spiro atoms. The van der Waals surface area contributed by atoms with E-state index in [1.54, 1.807) is 16.2 Å². The number of aryl methyl sites for hydroxylation is 2. The first-order valence-corrected chi connectivity index (χ1v) is 10.3. The van der Waals surface area contributed by atoms with Crippen molar-refractivity contribution in [1.82, 2.24) is 14.5 Å². The Labute approximate surface area is 175 Å². The fourth-order valence-corrected chi connectivity index (χ4v) is 3.98. The van der Waals surface area contributed by atoms with Gasteiger partial charge in [0, 0.05) is 44.1 Å². The van der Waals surface area contributed by atoms with Crippen molar-refractivity contribution in [2.75, 3.05) is 6.61 Å². The summed E-state index contributed by atoms with van der Waals surface area (Å²) in [5, 5.41) is 2.95. The third kappa shape index (κ3) is 3.79. The van der Waals surface area contributed by atoms with Crippen LogP contribution in [-0.4, -0.2) is 27.8 Å². The molecular weight excluding hydrogens is 382 g/mol. The van der Waals surface area contributed by atoms with Gasteiger partial charge in [-0.05, 0) is 38.1 Å². The van der Waals surface area contributed by atoms with Gasteiger partial charge in [-0.1, -0.05) is 12.1 Å². The van der Waals surface area contributed by atoms with Crippen molar-refractivity contribution in [2.45, 2.75) is 45.9 Å². The predicted molar refractivity (Wildman–Crippen MR) is 115 cm³/mol. The molecule has 0 fully saturated rings. The number of nitrogens with one attached hydrogen (secondary N) is 1. The fourth-order valence-electron chi connectivity index (χ4n) is 3.98. The van der Waals surface area contributed by atoms with E-state index in [4.69, 9.17) is 9.47 Å². The number of aromatic nitrogens is 2. The lowest BCUT2D eigenvalue weighted by Crippen LogP contribution is -2.27. The summed E-state index contributed by atoms with van der Waals surface area (Å²) in [6, 6.07) is 11.6. The molecule has 0 saturated carbocycles. The summed E-state index contributed by atoms with van der Waals surface area (Å²) < 4.78 is 14.9. The zero-order chi connectivity index (χ0) is 21.3. The summed E-state index contributed by atoms with van der Waals surface area (Å²) in [6.07, 6.45) is 1.23. The van der Waals surface area contributed by atoms with Gasteiger partial charge in [0.2, 0.25) is 5.91 Å². The van der Waals surface area contributed by atoms with Crippen molar-refractivity contribution in [1.29, 1.82) is 0 Å². The summed E-state index contributed by atoms with van der Waals surface area (Å²) in [6.45, 7) is 5.21. The Bertz CT molecular complexity index is 1150. The molecule has 30 heavy (non-hydrogen) atoms. The molecule has 2 heterocycles. The van der Waals surface area contributed by atoms with Crippen LogP contribution in [0.15, 0.2) is 41.2 Å². The Morgan fingerprint density at radius 2 is 2.03 bits per heavy atom. The van der Waals surface area contributed by atoms with Crippen molar-refractivity contribution in [3.8, 4) is 11.5 Å². The van der Waals surface area contributed by atoms with Crippen LogP contribution in [0.4, 0.5) is 0 Å². The van der Waals surface area contributed by atoms with Crippen LogP contribution < -0.4 is 20.5 Å². The Morgan fingerprint density at radius 1 is 1.27 bits per heavy atom. The maximum absolute atomic E-state index is 12.5. The van der Waals surface area contributed by atoms with Crippen molar-refractivity contribution in [3.63, 3.8) is 0 Å². The first-order chi connectivity index (χ1) is 14.5. The lowest BCUT2D eigenvalue weighted by Gasteiger charge is -2.13. The van der Waals surface area contributed by atoms with Crippen molar-refractivity contribution >= 4 is 16.9 Å². The molecule has 1 aliphatic heterocycles. The summed E-state index contributed by atoms with van der Waals surface area (Å²) in [5.41, 5.74) is 3.60. The van der Waals surface area contributed by atoms with Crippen LogP contribution in [0.3, 0.4) is 0 Å². The monoisotopic (exact) mass is 409 g/mol. The Kier molecular flexibility index (Phi) is 5.53. The third-order valence-corrected chi connectivity index (χ3v) is 5.47. The number of fused-ring (bicyclic) bond motifs is 2. The van der Waals surface area contributed by atoms with E-state index < -0.39 is 0 Å². The zero-order valence-electron chi connectivity index (χ0n) is 17.6. The summed E-state index contributed by atoms with van der Waals surface area (Å²) in [5.74, 6) is 1.52.